The van der Waals surface area contributed by atoms with E-state index in [1.54, 1.807) is 0 Å². The van der Waals surface area contributed by atoms with Gasteiger partial charge in [-0.25, -0.2) is 0 Å². The number of aliphatic hydroxyl groups is 1. The van der Waals surface area contributed by atoms with Crippen molar-refractivity contribution in [2.24, 2.45) is 5.92 Å². The summed E-state index contributed by atoms with van der Waals surface area (Å²) in [5, 5.41) is 9.70. The molecule has 22 heavy (non-hydrogen) atoms. The number of hydrogen-bond acceptors (Lipinski definition) is 3. The molecule has 1 fully saturated rings. The molecule has 1 aromatic carbocycles. The highest BCUT2D eigenvalue weighted by Crippen LogP contribution is 2.21. The van der Waals surface area contributed by atoms with Crippen LogP contribution in [0.25, 0.3) is 0 Å². The van der Waals surface area contributed by atoms with Crippen LogP contribution in [0, 0.1) is 5.92 Å². The topological polar surface area (TPSA) is 49.8 Å². The maximum atomic E-state index is 12.3. The lowest BCUT2D eigenvalue weighted by atomic mass is 9.93. The molecule has 0 bridgehead atoms. The van der Waals surface area contributed by atoms with E-state index in [9.17, 15) is 9.90 Å². The van der Waals surface area contributed by atoms with Crippen LogP contribution in [0.3, 0.4) is 0 Å². The molecule has 4 heteroatoms. The molecular formula is C18H27NO3. The van der Waals surface area contributed by atoms with Crippen molar-refractivity contribution in [2.75, 3.05) is 19.7 Å². The number of aliphatic hydroxyl groups excluding tert-OH is 1. The lowest BCUT2D eigenvalue weighted by Gasteiger charge is -2.34. The van der Waals surface area contributed by atoms with E-state index in [1.165, 1.54) is 0 Å². The highest BCUT2D eigenvalue weighted by atomic mass is 16.5. The highest BCUT2D eigenvalue weighted by molar-refractivity contribution is 5.76. The first kappa shape index (κ1) is 16.8. The molecule has 0 saturated carbocycles. The highest BCUT2D eigenvalue weighted by Gasteiger charge is 2.26. The Hall–Kier alpha value is -1.55. The van der Waals surface area contributed by atoms with Gasteiger partial charge in [0.25, 0.3) is 0 Å². The number of piperidine rings is 1. The third-order valence-electron chi connectivity index (χ3n) is 4.35. The summed E-state index contributed by atoms with van der Waals surface area (Å²) in [6.07, 6.45) is 2.95. The van der Waals surface area contributed by atoms with Crippen molar-refractivity contribution in [3.8, 4) is 5.75 Å². The Morgan fingerprint density at radius 3 is 2.77 bits per heavy atom. The van der Waals surface area contributed by atoms with Crippen LogP contribution in [-0.4, -0.2) is 41.7 Å². The number of rotatable bonds is 6. The smallest absolute Gasteiger partial charge is 0.222 e. The molecule has 0 spiro atoms. The lowest BCUT2D eigenvalue weighted by Crippen LogP contribution is -2.43. The van der Waals surface area contributed by atoms with E-state index in [0.29, 0.717) is 19.6 Å². The van der Waals surface area contributed by atoms with Crippen LogP contribution < -0.4 is 4.74 Å². The van der Waals surface area contributed by atoms with Crippen LogP contribution in [0.4, 0.5) is 0 Å². The number of aryl methyl sites for hydroxylation is 1. The average molecular weight is 305 g/mol. The summed E-state index contributed by atoms with van der Waals surface area (Å²) >= 11 is 0. The quantitative estimate of drug-likeness (QED) is 0.879. The fourth-order valence-electron chi connectivity index (χ4n) is 2.96. The molecule has 1 amide bonds. The number of carbonyl (C=O) groups is 1. The van der Waals surface area contributed by atoms with Crippen LogP contribution in [-0.2, 0) is 11.2 Å². The lowest BCUT2D eigenvalue weighted by molar-refractivity contribution is -0.133. The molecule has 2 unspecified atom stereocenters. The van der Waals surface area contributed by atoms with Crippen molar-refractivity contribution in [1.29, 1.82) is 0 Å². The van der Waals surface area contributed by atoms with Crippen molar-refractivity contribution in [1.82, 2.24) is 4.90 Å². The van der Waals surface area contributed by atoms with Gasteiger partial charge in [0.15, 0.2) is 0 Å². The molecule has 0 aromatic heterocycles. The minimum absolute atomic E-state index is 0.194. The van der Waals surface area contributed by atoms with Gasteiger partial charge in [0.05, 0.1) is 12.7 Å². The van der Waals surface area contributed by atoms with E-state index in [0.717, 1.165) is 37.1 Å². The van der Waals surface area contributed by atoms with Gasteiger partial charge in [0, 0.05) is 25.4 Å². The van der Waals surface area contributed by atoms with Gasteiger partial charge in [-0.1, -0.05) is 12.1 Å². The average Bonchev–Trinajstić information content (AvgIpc) is 2.54. The maximum Gasteiger partial charge on any atom is 0.222 e. The van der Waals surface area contributed by atoms with Crippen LogP contribution >= 0.6 is 0 Å². The van der Waals surface area contributed by atoms with Crippen molar-refractivity contribution in [3.05, 3.63) is 29.8 Å². The molecule has 1 aromatic rings. The zero-order valence-electron chi connectivity index (χ0n) is 13.6. The molecule has 4 nitrogen and oxygen atoms in total. The molecule has 1 saturated heterocycles. The Labute approximate surface area is 133 Å². The third kappa shape index (κ3) is 4.73. The molecule has 1 aliphatic rings. The standard InChI is InChI=1S/C18H27NO3/c1-3-22-17-9-6-15(7-10-17)8-11-18(21)19-12-4-5-16(13-19)14(2)20/h6-7,9-10,14,16,20H,3-5,8,11-13H2,1-2H3. The number of carbonyl (C=O) groups excluding carboxylic acids is 1. The van der Waals surface area contributed by atoms with E-state index < -0.39 is 0 Å². The van der Waals surface area contributed by atoms with E-state index in [1.807, 2.05) is 43.0 Å². The predicted octanol–water partition coefficient (Wildman–Crippen LogP) is 2.64. The number of hydrogen-bond donors (Lipinski definition) is 1. The fourth-order valence-corrected chi connectivity index (χ4v) is 2.96. The summed E-state index contributed by atoms with van der Waals surface area (Å²) in [6, 6.07) is 7.95. The van der Waals surface area contributed by atoms with E-state index >= 15 is 0 Å². The summed E-state index contributed by atoms with van der Waals surface area (Å²) in [5.74, 6) is 1.29. The molecule has 2 atom stereocenters. The molecule has 0 aliphatic carbocycles. The van der Waals surface area contributed by atoms with Crippen molar-refractivity contribution in [3.63, 3.8) is 0 Å². The van der Waals surface area contributed by atoms with Gasteiger partial charge < -0.3 is 14.7 Å². The van der Waals surface area contributed by atoms with Crippen LogP contribution in [0.2, 0.25) is 0 Å². The summed E-state index contributed by atoms with van der Waals surface area (Å²) in [7, 11) is 0. The normalized spacial score (nSPS) is 19.8. The van der Waals surface area contributed by atoms with E-state index in [4.69, 9.17) is 4.74 Å². The first-order valence-electron chi connectivity index (χ1n) is 8.27. The summed E-state index contributed by atoms with van der Waals surface area (Å²) in [6.45, 7) is 5.96. The number of ether oxygens (including phenoxy) is 1. The van der Waals surface area contributed by atoms with E-state index in [-0.39, 0.29) is 17.9 Å². The molecule has 122 valence electrons. The SMILES string of the molecule is CCOc1ccc(CCC(=O)N2CCCC(C(C)O)C2)cc1. The second-order valence-electron chi connectivity index (χ2n) is 6.06. The molecule has 1 heterocycles. The van der Waals surface area contributed by atoms with Crippen LogP contribution in [0.15, 0.2) is 24.3 Å². The zero-order valence-corrected chi connectivity index (χ0v) is 13.6. The first-order chi connectivity index (χ1) is 10.6. The van der Waals surface area contributed by atoms with Gasteiger partial charge in [-0.15, -0.1) is 0 Å². The molecule has 2 rings (SSSR count). The van der Waals surface area contributed by atoms with Crippen molar-refractivity contribution >= 4 is 5.91 Å². The maximum absolute atomic E-state index is 12.3. The largest absolute Gasteiger partial charge is 0.494 e. The Kier molecular flexibility index (Phi) is 6.25. The summed E-state index contributed by atoms with van der Waals surface area (Å²) in [4.78, 5) is 14.2. The van der Waals surface area contributed by atoms with Gasteiger partial charge in [-0.2, -0.15) is 0 Å². The van der Waals surface area contributed by atoms with Crippen LogP contribution in [0.1, 0.15) is 38.7 Å². The minimum Gasteiger partial charge on any atom is -0.494 e. The Morgan fingerprint density at radius 1 is 1.41 bits per heavy atom. The zero-order chi connectivity index (χ0) is 15.9. The Morgan fingerprint density at radius 2 is 2.14 bits per heavy atom. The predicted molar refractivity (Wildman–Crippen MR) is 86.9 cm³/mol. The van der Waals surface area contributed by atoms with Gasteiger partial charge in [0.2, 0.25) is 5.91 Å². The Balaban J connectivity index is 1.81. The van der Waals surface area contributed by atoms with Gasteiger partial charge in [-0.3, -0.25) is 4.79 Å². The second kappa shape index (κ2) is 8.18. The number of likely N-dealkylation sites (tertiary alicyclic amines) is 1. The van der Waals surface area contributed by atoms with Gasteiger partial charge >= 0.3 is 0 Å². The summed E-state index contributed by atoms with van der Waals surface area (Å²) < 4.78 is 5.42. The molecular weight excluding hydrogens is 278 g/mol. The molecule has 1 N–H and O–H groups in total. The van der Waals surface area contributed by atoms with Gasteiger partial charge in [0.1, 0.15) is 5.75 Å². The van der Waals surface area contributed by atoms with Gasteiger partial charge in [-0.05, 0) is 50.8 Å². The number of amides is 1. The third-order valence-corrected chi connectivity index (χ3v) is 4.35. The first-order valence-corrected chi connectivity index (χ1v) is 8.27. The van der Waals surface area contributed by atoms with Crippen molar-refractivity contribution in [2.45, 2.75) is 45.6 Å². The van der Waals surface area contributed by atoms with Crippen molar-refractivity contribution < 1.29 is 14.6 Å². The Bertz CT molecular complexity index is 470. The second-order valence-corrected chi connectivity index (χ2v) is 6.06. The monoisotopic (exact) mass is 305 g/mol. The number of benzene rings is 1. The molecule has 0 radical (unpaired) electrons. The minimum atomic E-state index is -0.332. The fraction of sp³-hybridized carbons (Fsp3) is 0.611. The number of nitrogens with zero attached hydrogens (tertiary/aromatic N) is 1. The van der Waals surface area contributed by atoms with Crippen LogP contribution in [0.5, 0.6) is 5.75 Å². The molecule has 1 aliphatic heterocycles. The van der Waals surface area contributed by atoms with E-state index in [2.05, 4.69) is 0 Å². The summed E-state index contributed by atoms with van der Waals surface area (Å²) in [5.41, 5.74) is 1.15.